The predicted octanol–water partition coefficient (Wildman–Crippen LogP) is 4.02. The van der Waals surface area contributed by atoms with Gasteiger partial charge in [-0.05, 0) is 87.0 Å². The van der Waals surface area contributed by atoms with E-state index in [0.717, 1.165) is 72.6 Å². The number of piperidine rings is 2. The number of fused-ring (bicyclic) bond motifs is 1. The summed E-state index contributed by atoms with van der Waals surface area (Å²) in [5, 5.41) is 7.83. The summed E-state index contributed by atoms with van der Waals surface area (Å²) in [6.45, 7) is 3.16. The van der Waals surface area contributed by atoms with Gasteiger partial charge in [-0.3, -0.25) is 9.36 Å². The first-order valence-corrected chi connectivity index (χ1v) is 13.9. The van der Waals surface area contributed by atoms with E-state index in [1.54, 1.807) is 7.11 Å². The molecule has 2 atom stereocenters. The van der Waals surface area contributed by atoms with E-state index < -0.39 is 0 Å². The number of amides is 1. The third-order valence-electron chi connectivity index (χ3n) is 8.41. The van der Waals surface area contributed by atoms with E-state index in [1.165, 1.54) is 0 Å². The topological polar surface area (TPSA) is 105 Å². The van der Waals surface area contributed by atoms with Crippen LogP contribution >= 0.6 is 0 Å². The molecule has 2 unspecified atom stereocenters. The van der Waals surface area contributed by atoms with Gasteiger partial charge in [0.15, 0.2) is 5.76 Å². The van der Waals surface area contributed by atoms with Crippen LogP contribution in [-0.4, -0.2) is 58.8 Å². The molecule has 2 aromatic carbocycles. The van der Waals surface area contributed by atoms with E-state index in [1.807, 2.05) is 64.1 Å². The summed E-state index contributed by atoms with van der Waals surface area (Å²) in [5.74, 6) is 2.38. The first kappa shape index (κ1) is 25.4. The number of carbonyl (C=O) groups is 1. The lowest BCUT2D eigenvalue weighted by Crippen LogP contribution is -2.44. The zero-order valence-electron chi connectivity index (χ0n) is 22.3. The van der Waals surface area contributed by atoms with E-state index in [2.05, 4.69) is 15.5 Å². The van der Waals surface area contributed by atoms with Crippen molar-refractivity contribution in [1.29, 1.82) is 0 Å². The Morgan fingerprint density at radius 1 is 1.08 bits per heavy atom. The third-order valence-corrected chi connectivity index (χ3v) is 8.41. The zero-order chi connectivity index (χ0) is 26.8. The number of para-hydroxylation sites is 2. The van der Waals surface area contributed by atoms with Gasteiger partial charge in [0.2, 0.25) is 5.91 Å². The molecule has 4 heterocycles. The Morgan fingerprint density at radius 2 is 1.87 bits per heavy atom. The third kappa shape index (κ3) is 5.36. The zero-order valence-corrected chi connectivity index (χ0v) is 22.3. The average molecular weight is 530 g/mol. The molecule has 1 amide bonds. The minimum absolute atomic E-state index is 0.0680. The fourth-order valence-electron chi connectivity index (χ4n) is 6.22. The van der Waals surface area contributed by atoms with E-state index in [0.29, 0.717) is 31.3 Å². The van der Waals surface area contributed by atoms with Crippen molar-refractivity contribution in [2.75, 3.05) is 33.3 Å². The highest BCUT2D eigenvalue weighted by Crippen LogP contribution is 2.31. The van der Waals surface area contributed by atoms with Crippen LogP contribution in [0.15, 0.2) is 63.9 Å². The Morgan fingerprint density at radius 3 is 2.67 bits per heavy atom. The molecule has 39 heavy (non-hydrogen) atoms. The fraction of sp³-hybridized carbons (Fsp3) is 0.433. The van der Waals surface area contributed by atoms with Crippen LogP contribution in [0.3, 0.4) is 0 Å². The van der Waals surface area contributed by atoms with Gasteiger partial charge in [0.1, 0.15) is 5.75 Å². The molecule has 4 aromatic rings. The second-order valence-electron chi connectivity index (χ2n) is 10.8. The maximum atomic E-state index is 13.4. The van der Waals surface area contributed by atoms with Crippen LogP contribution in [0.2, 0.25) is 0 Å². The molecule has 2 N–H and O–H groups in total. The Hall–Kier alpha value is -3.85. The van der Waals surface area contributed by atoms with Crippen LogP contribution in [0.5, 0.6) is 5.75 Å². The molecule has 9 heteroatoms. The van der Waals surface area contributed by atoms with E-state index in [4.69, 9.17) is 9.26 Å². The van der Waals surface area contributed by atoms with Gasteiger partial charge < -0.3 is 24.5 Å². The molecule has 2 fully saturated rings. The normalized spacial score (nSPS) is 20.4. The molecule has 204 valence electrons. The Bertz CT molecular complexity index is 1480. The summed E-state index contributed by atoms with van der Waals surface area (Å²) in [7, 11) is 1.65. The van der Waals surface area contributed by atoms with Crippen molar-refractivity contribution < 1.29 is 14.1 Å². The SMILES string of the molecule is COc1ccc(-c2cc(CC3CNCCC3CC(=O)N3CCC(n4c(=O)[nH]c5ccccc54)CC3)no2)cc1. The first-order valence-electron chi connectivity index (χ1n) is 13.9. The number of rotatable bonds is 7. The number of methoxy groups -OCH3 is 1. The van der Waals surface area contributed by atoms with Gasteiger partial charge in [0.25, 0.3) is 0 Å². The number of imidazole rings is 1. The lowest BCUT2D eigenvalue weighted by molar-refractivity contribution is -0.134. The second kappa shape index (κ2) is 11.1. The Labute approximate surface area is 227 Å². The van der Waals surface area contributed by atoms with Gasteiger partial charge in [-0.15, -0.1) is 0 Å². The molecule has 0 spiro atoms. The standard InChI is InChI=1S/C30H35N5O4/c1-38-25-8-6-20(7-9-25)28-18-23(33-39-28)16-22-19-31-13-10-21(22)17-29(36)34-14-11-24(12-15-34)35-27-5-3-2-4-26(27)32-30(35)37/h2-9,18,21-22,24,31H,10-17,19H2,1H3,(H,32,37). The summed E-state index contributed by atoms with van der Waals surface area (Å²) in [6.07, 6.45) is 3.87. The van der Waals surface area contributed by atoms with Crippen LogP contribution in [0.25, 0.3) is 22.4 Å². The molecule has 2 aliphatic rings. The van der Waals surface area contributed by atoms with Crippen LogP contribution in [0.1, 0.15) is 37.4 Å². The van der Waals surface area contributed by atoms with Crippen molar-refractivity contribution in [3.8, 4) is 17.1 Å². The van der Waals surface area contributed by atoms with E-state index in [9.17, 15) is 9.59 Å². The molecule has 2 aromatic heterocycles. The number of aromatic amines is 1. The summed E-state index contributed by atoms with van der Waals surface area (Å²) < 4.78 is 12.8. The summed E-state index contributed by atoms with van der Waals surface area (Å²) in [6, 6.07) is 17.7. The molecule has 0 bridgehead atoms. The van der Waals surface area contributed by atoms with Crippen LogP contribution in [0.4, 0.5) is 0 Å². The van der Waals surface area contributed by atoms with Crippen LogP contribution in [0, 0.1) is 11.8 Å². The number of nitrogens with one attached hydrogen (secondary N) is 2. The van der Waals surface area contributed by atoms with Crippen molar-refractivity contribution in [2.45, 2.75) is 38.1 Å². The number of H-pyrrole nitrogens is 1. The number of carbonyl (C=O) groups excluding carboxylic acids is 1. The van der Waals surface area contributed by atoms with Gasteiger partial charge in [-0.25, -0.2) is 4.79 Å². The minimum atomic E-state index is -0.0680. The maximum absolute atomic E-state index is 13.4. The summed E-state index contributed by atoms with van der Waals surface area (Å²) in [4.78, 5) is 30.9. The summed E-state index contributed by atoms with van der Waals surface area (Å²) >= 11 is 0. The predicted molar refractivity (Wildman–Crippen MR) is 149 cm³/mol. The maximum Gasteiger partial charge on any atom is 0.326 e. The van der Waals surface area contributed by atoms with Crippen molar-refractivity contribution in [2.24, 2.45) is 11.8 Å². The van der Waals surface area contributed by atoms with E-state index >= 15 is 0 Å². The minimum Gasteiger partial charge on any atom is -0.497 e. The largest absolute Gasteiger partial charge is 0.497 e. The fourth-order valence-corrected chi connectivity index (χ4v) is 6.22. The molecule has 6 rings (SSSR count). The van der Waals surface area contributed by atoms with Gasteiger partial charge in [0, 0.05) is 37.2 Å². The molecule has 2 saturated heterocycles. The molecule has 2 aliphatic heterocycles. The number of ether oxygens (including phenoxy) is 1. The monoisotopic (exact) mass is 529 g/mol. The number of aromatic nitrogens is 3. The van der Waals surface area contributed by atoms with Gasteiger partial charge in [-0.2, -0.15) is 0 Å². The van der Waals surface area contributed by atoms with Crippen molar-refractivity contribution in [3.63, 3.8) is 0 Å². The average Bonchev–Trinajstić information content (AvgIpc) is 3.57. The highest BCUT2D eigenvalue weighted by atomic mass is 16.5. The molecule has 0 aliphatic carbocycles. The highest BCUT2D eigenvalue weighted by molar-refractivity contribution is 5.77. The summed E-state index contributed by atoms with van der Waals surface area (Å²) in [5.41, 5.74) is 3.61. The van der Waals surface area contributed by atoms with Crippen LogP contribution < -0.4 is 15.7 Å². The Balaban J connectivity index is 1.06. The van der Waals surface area contributed by atoms with Crippen molar-refractivity contribution >= 4 is 16.9 Å². The molecular weight excluding hydrogens is 494 g/mol. The smallest absolute Gasteiger partial charge is 0.326 e. The molecule has 0 radical (unpaired) electrons. The molecule has 9 nitrogen and oxygen atoms in total. The Kier molecular flexibility index (Phi) is 7.24. The van der Waals surface area contributed by atoms with Crippen molar-refractivity contribution in [3.05, 3.63) is 70.8 Å². The number of benzene rings is 2. The van der Waals surface area contributed by atoms with Crippen molar-refractivity contribution in [1.82, 2.24) is 24.9 Å². The number of likely N-dealkylation sites (tertiary alicyclic amines) is 1. The second-order valence-corrected chi connectivity index (χ2v) is 10.8. The number of hydrogen-bond acceptors (Lipinski definition) is 6. The molecular formula is C30H35N5O4. The number of hydrogen-bond donors (Lipinski definition) is 2. The quantitative estimate of drug-likeness (QED) is 0.375. The molecule has 0 saturated carbocycles. The lowest BCUT2D eigenvalue weighted by Gasteiger charge is -2.36. The number of nitrogens with zero attached hydrogens (tertiary/aromatic N) is 3. The van der Waals surface area contributed by atoms with Crippen LogP contribution in [-0.2, 0) is 11.2 Å². The lowest BCUT2D eigenvalue weighted by atomic mass is 9.80. The van der Waals surface area contributed by atoms with E-state index in [-0.39, 0.29) is 17.6 Å². The highest BCUT2D eigenvalue weighted by Gasteiger charge is 2.32. The van der Waals surface area contributed by atoms with Gasteiger partial charge in [-0.1, -0.05) is 17.3 Å². The first-order chi connectivity index (χ1) is 19.1. The van der Waals surface area contributed by atoms with Gasteiger partial charge in [0.05, 0.1) is 23.8 Å². The van der Waals surface area contributed by atoms with Gasteiger partial charge >= 0.3 is 5.69 Å².